The van der Waals surface area contributed by atoms with Crippen LogP contribution in [0.2, 0.25) is 0 Å². The molecule has 0 unspecified atom stereocenters. The predicted molar refractivity (Wildman–Crippen MR) is 198 cm³/mol. The second-order valence-electron chi connectivity index (χ2n) is 12.2. The lowest BCUT2D eigenvalue weighted by Crippen LogP contribution is -2.49. The van der Waals surface area contributed by atoms with E-state index in [1.807, 2.05) is 6.92 Å². The van der Waals surface area contributed by atoms with Crippen LogP contribution in [0.3, 0.4) is 0 Å². The molecule has 1 heterocycles. The number of rotatable bonds is 23. The number of carboxylic acid groups (broad SMARTS) is 2. The molecule has 0 aliphatic rings. The third-order valence-corrected chi connectivity index (χ3v) is 8.48. The van der Waals surface area contributed by atoms with Crippen LogP contribution in [0.15, 0.2) is 59.0 Å². The Bertz CT molecular complexity index is 1830. The molecule has 17 heteroatoms. The monoisotopic (exact) mass is 765 g/mol. The van der Waals surface area contributed by atoms with Gasteiger partial charge in [0.15, 0.2) is 5.76 Å². The number of ether oxygens (including phenoxy) is 1. The van der Waals surface area contributed by atoms with Crippen LogP contribution < -0.4 is 26.0 Å². The molecule has 3 atom stereocenters. The lowest BCUT2D eigenvalue weighted by molar-refractivity contribution is -0.171. The van der Waals surface area contributed by atoms with E-state index in [4.69, 9.17) is 19.1 Å². The fraction of sp³-hybridized carbons (Fsp3) is 0.395. The molecular formula is C38H47N5O12. The highest BCUT2D eigenvalue weighted by atomic mass is 16.7. The Morgan fingerprint density at radius 1 is 0.927 bits per heavy atom. The van der Waals surface area contributed by atoms with Crippen molar-refractivity contribution in [3.63, 3.8) is 0 Å². The Kier molecular flexibility index (Phi) is 16.7. The number of furan rings is 1. The highest BCUT2D eigenvalue weighted by molar-refractivity contribution is 6.00. The number of nitrogens with zero attached hydrogens (tertiary/aromatic N) is 1. The average molecular weight is 766 g/mol. The number of anilines is 1. The molecule has 0 bridgehead atoms. The molecule has 4 amide bonds. The number of carboxylic acids is 2. The van der Waals surface area contributed by atoms with Gasteiger partial charge in [0.05, 0.1) is 42.8 Å². The molecule has 0 saturated carbocycles. The van der Waals surface area contributed by atoms with Crippen molar-refractivity contribution < 1.29 is 57.8 Å². The Morgan fingerprint density at radius 3 is 2.33 bits per heavy atom. The molecule has 3 rings (SSSR count). The lowest BCUT2D eigenvalue weighted by atomic mass is 9.90. The molecule has 6 N–H and O–H groups in total. The van der Waals surface area contributed by atoms with Crippen LogP contribution in [-0.4, -0.2) is 89.7 Å². The van der Waals surface area contributed by atoms with Gasteiger partial charge in [0, 0.05) is 18.3 Å². The number of carbonyl (C=O) groups is 7. The lowest BCUT2D eigenvalue weighted by Gasteiger charge is -2.31. The van der Waals surface area contributed by atoms with Crippen molar-refractivity contribution in [1.82, 2.24) is 21.0 Å². The van der Waals surface area contributed by atoms with E-state index in [-0.39, 0.29) is 41.7 Å². The summed E-state index contributed by atoms with van der Waals surface area (Å²) in [7, 11) is 1.70. The van der Waals surface area contributed by atoms with Crippen molar-refractivity contribution in [3.8, 4) is 17.1 Å². The summed E-state index contributed by atoms with van der Waals surface area (Å²) in [5, 5.41) is 29.5. The largest absolute Gasteiger partial charge is 0.493 e. The molecular weight excluding hydrogens is 718 g/mol. The van der Waals surface area contributed by atoms with Crippen LogP contribution in [0.4, 0.5) is 5.69 Å². The smallest absolute Gasteiger partial charge is 0.363 e. The summed E-state index contributed by atoms with van der Waals surface area (Å²) in [6, 6.07) is 11.3. The van der Waals surface area contributed by atoms with Crippen molar-refractivity contribution in [2.45, 2.75) is 71.4 Å². The van der Waals surface area contributed by atoms with Gasteiger partial charge in [0.1, 0.15) is 17.6 Å². The van der Waals surface area contributed by atoms with Crippen molar-refractivity contribution in [2.75, 3.05) is 25.6 Å². The van der Waals surface area contributed by atoms with Gasteiger partial charge >= 0.3 is 17.9 Å². The van der Waals surface area contributed by atoms with Gasteiger partial charge in [-0.2, -0.15) is 5.06 Å². The molecule has 0 aliphatic heterocycles. The normalized spacial score (nSPS) is 12.3. The van der Waals surface area contributed by atoms with Crippen molar-refractivity contribution >= 4 is 47.7 Å². The molecule has 296 valence electrons. The molecule has 3 aromatic rings. The van der Waals surface area contributed by atoms with Gasteiger partial charge in [-0.25, -0.2) is 9.59 Å². The highest BCUT2D eigenvalue weighted by Crippen LogP contribution is 2.29. The van der Waals surface area contributed by atoms with Gasteiger partial charge in [-0.1, -0.05) is 45.2 Å². The van der Waals surface area contributed by atoms with Crippen molar-refractivity contribution in [3.05, 3.63) is 71.5 Å². The first-order valence-corrected chi connectivity index (χ1v) is 17.8. The van der Waals surface area contributed by atoms with Crippen LogP contribution in [0.25, 0.3) is 11.3 Å². The number of aliphatic carboxylic acids is 2. The van der Waals surface area contributed by atoms with Crippen molar-refractivity contribution in [2.24, 2.45) is 5.92 Å². The minimum atomic E-state index is -1.67. The summed E-state index contributed by atoms with van der Waals surface area (Å²) >= 11 is 0. The predicted octanol–water partition coefficient (Wildman–Crippen LogP) is 4.05. The van der Waals surface area contributed by atoms with Gasteiger partial charge in [0.25, 0.3) is 11.8 Å². The molecule has 0 radical (unpaired) electrons. The molecule has 17 nitrogen and oxygen atoms in total. The van der Waals surface area contributed by atoms with Gasteiger partial charge in [-0.15, -0.1) is 0 Å². The number of hydroxylamine groups is 2. The third kappa shape index (κ3) is 12.3. The summed E-state index contributed by atoms with van der Waals surface area (Å²) < 4.78 is 11.3. The third-order valence-electron chi connectivity index (χ3n) is 8.48. The summed E-state index contributed by atoms with van der Waals surface area (Å²) in [5.74, 6) is -6.27. The molecule has 2 aromatic carbocycles. The summed E-state index contributed by atoms with van der Waals surface area (Å²) in [6.07, 6.45) is 2.61. The van der Waals surface area contributed by atoms with Gasteiger partial charge in [-0.3, -0.25) is 24.0 Å². The summed E-state index contributed by atoms with van der Waals surface area (Å²) in [5.41, 5.74) is 1.24. The maximum Gasteiger partial charge on any atom is 0.363 e. The number of unbranched alkanes of at least 4 members (excludes halogenated alkanes) is 2. The first-order chi connectivity index (χ1) is 26.4. The second-order valence-corrected chi connectivity index (χ2v) is 12.2. The zero-order valence-corrected chi connectivity index (χ0v) is 31.1. The first-order valence-electron chi connectivity index (χ1n) is 17.8. The zero-order valence-electron chi connectivity index (χ0n) is 31.1. The standard InChI is InChI=1S/C38H47N5O12/c1-5-8-9-13-26(29(6-2)43(22-44)55-38(52)24-11-10-12-25(18-24)39-4)34(47)40-21-41-36(49)31-17-16-30(54-31)23-14-15-27(32(19-23)53-7-3)35(48)42-28(37(50)51)20-33(45)46/h10-12,14-19,22,26,28-29,39H,5-9,13,20-21H2,1-4H3,(H,40,47)(H,41,49)(H,42,48)(H,45,46)(H,50,51)/t26-,28+,29-/m1/s1. The van der Waals surface area contributed by atoms with E-state index in [9.17, 15) is 38.7 Å². The summed E-state index contributed by atoms with van der Waals surface area (Å²) in [6.45, 7) is 5.30. The number of amides is 4. The maximum absolute atomic E-state index is 13.5. The van der Waals surface area contributed by atoms with Gasteiger partial charge < -0.3 is 45.5 Å². The van der Waals surface area contributed by atoms with Gasteiger partial charge in [0.2, 0.25) is 12.3 Å². The fourth-order valence-corrected chi connectivity index (χ4v) is 5.67. The first kappa shape index (κ1) is 43.0. The van der Waals surface area contributed by atoms with E-state index in [1.54, 1.807) is 45.2 Å². The number of hydrogen-bond acceptors (Lipinski definition) is 11. The minimum absolute atomic E-state index is 0.0467. The van der Waals surface area contributed by atoms with Crippen molar-refractivity contribution in [1.29, 1.82) is 0 Å². The molecule has 0 spiro atoms. The quantitative estimate of drug-likeness (QED) is 0.0346. The van der Waals surface area contributed by atoms with Crippen LogP contribution in [0, 0.1) is 5.92 Å². The maximum atomic E-state index is 13.5. The number of nitrogens with one attached hydrogen (secondary N) is 4. The minimum Gasteiger partial charge on any atom is -0.493 e. The Morgan fingerprint density at radius 2 is 1.69 bits per heavy atom. The molecule has 0 saturated heterocycles. The molecule has 0 aliphatic carbocycles. The van der Waals surface area contributed by atoms with E-state index in [0.717, 1.165) is 17.9 Å². The number of hydrogen-bond donors (Lipinski definition) is 6. The Balaban J connectivity index is 1.69. The zero-order chi connectivity index (χ0) is 40.5. The number of carbonyl (C=O) groups excluding carboxylic acids is 5. The number of benzene rings is 2. The Labute approximate surface area is 317 Å². The van der Waals surface area contributed by atoms with E-state index in [1.165, 1.54) is 30.3 Å². The highest BCUT2D eigenvalue weighted by Gasteiger charge is 2.34. The van der Waals surface area contributed by atoms with E-state index >= 15 is 0 Å². The topological polar surface area (TPSA) is 243 Å². The fourth-order valence-electron chi connectivity index (χ4n) is 5.67. The van der Waals surface area contributed by atoms with E-state index < -0.39 is 60.1 Å². The van der Waals surface area contributed by atoms with Crippen LogP contribution in [-0.2, 0) is 24.0 Å². The Hall–Kier alpha value is -6.39. The van der Waals surface area contributed by atoms with Gasteiger partial charge in [-0.05, 0) is 62.2 Å². The van der Waals surface area contributed by atoms with E-state index in [2.05, 4.69) is 21.3 Å². The van der Waals surface area contributed by atoms with Crippen LogP contribution in [0.5, 0.6) is 5.75 Å². The SMILES string of the molecule is CCCCC[C@@H](C(=O)NCNC(=O)c1ccc(-c2ccc(C(=O)N[C@@H](CC(=O)O)C(=O)O)c(OCC)c2)o1)[C@@H](CC)N(C=O)OC(=O)c1cccc(NC)c1. The molecule has 55 heavy (non-hydrogen) atoms. The molecule has 0 fully saturated rings. The second kappa shape index (κ2) is 21.3. The van der Waals surface area contributed by atoms with E-state index in [0.29, 0.717) is 36.9 Å². The van der Waals surface area contributed by atoms with Crippen LogP contribution in [0.1, 0.15) is 90.6 Å². The molecule has 1 aromatic heterocycles. The van der Waals surface area contributed by atoms with Crippen LogP contribution >= 0.6 is 0 Å². The average Bonchev–Trinajstić information content (AvgIpc) is 3.67. The summed E-state index contributed by atoms with van der Waals surface area (Å²) in [4.78, 5) is 92.5.